The third-order valence-corrected chi connectivity index (χ3v) is 2.49. The molecule has 0 saturated carbocycles. The largest absolute Gasteiger partial charge is 0.478 e. The predicted molar refractivity (Wildman–Crippen MR) is 61.5 cm³/mol. The maximum atomic E-state index is 10.7. The number of nitrogens with zero attached hydrogens (tertiary/aromatic N) is 2. The van der Waals surface area contributed by atoms with Crippen LogP contribution in [0.1, 0.15) is 26.5 Å². The fourth-order valence-electron chi connectivity index (χ4n) is 0.722. The van der Waals surface area contributed by atoms with Crippen molar-refractivity contribution in [1.29, 1.82) is 0 Å². The number of thiazole rings is 1. The number of rotatable bonds is 4. The molecule has 0 aliphatic heterocycles. The highest BCUT2D eigenvalue weighted by atomic mass is 32.1. The maximum Gasteiger partial charge on any atom is 0.350 e. The highest BCUT2D eigenvalue weighted by molar-refractivity contribution is 7.13. The van der Waals surface area contributed by atoms with Gasteiger partial charge in [-0.3, -0.25) is 0 Å². The van der Waals surface area contributed by atoms with Crippen molar-refractivity contribution in [2.24, 2.45) is 5.16 Å². The van der Waals surface area contributed by atoms with Crippen molar-refractivity contribution in [3.8, 4) is 0 Å². The smallest absolute Gasteiger partial charge is 0.350 e. The van der Waals surface area contributed by atoms with Crippen LogP contribution < -0.4 is 5.73 Å². The molecular weight excluding hydrogens is 230 g/mol. The minimum atomic E-state index is -1.36. The lowest BCUT2D eigenvalue weighted by atomic mass is 10.1. The van der Waals surface area contributed by atoms with E-state index in [1.54, 1.807) is 12.3 Å². The molecule has 16 heavy (non-hydrogen) atoms. The summed E-state index contributed by atoms with van der Waals surface area (Å²) in [6, 6.07) is 0. The van der Waals surface area contributed by atoms with Crippen molar-refractivity contribution in [2.75, 3.05) is 5.73 Å². The first kappa shape index (κ1) is 12.4. The Balaban J connectivity index is 2.75. The van der Waals surface area contributed by atoms with Gasteiger partial charge in [0.2, 0.25) is 5.60 Å². The van der Waals surface area contributed by atoms with Crippen molar-refractivity contribution in [3.63, 3.8) is 0 Å². The highest BCUT2D eigenvalue weighted by Gasteiger charge is 2.29. The normalized spacial score (nSPS) is 12.6. The Morgan fingerprint density at radius 1 is 1.69 bits per heavy atom. The molecule has 7 heteroatoms. The molecule has 1 rings (SSSR count). The summed E-state index contributed by atoms with van der Waals surface area (Å²) in [6.45, 7) is 4.51. The zero-order valence-electron chi connectivity index (χ0n) is 9.22. The first-order valence-electron chi connectivity index (χ1n) is 4.50. The van der Waals surface area contributed by atoms with E-state index >= 15 is 0 Å². The number of hydrogen-bond acceptors (Lipinski definition) is 6. The Hall–Kier alpha value is -1.63. The maximum absolute atomic E-state index is 10.7. The second-order valence-corrected chi connectivity index (χ2v) is 4.54. The number of aliphatic carboxylic acids is 1. The van der Waals surface area contributed by atoms with Crippen LogP contribution in [0.5, 0.6) is 0 Å². The van der Waals surface area contributed by atoms with E-state index in [2.05, 4.69) is 10.1 Å². The molecule has 1 aromatic heterocycles. The number of carboxylic acid groups (broad SMARTS) is 1. The van der Waals surface area contributed by atoms with Gasteiger partial charge in [-0.2, -0.15) is 0 Å². The molecule has 0 bridgehead atoms. The Morgan fingerprint density at radius 3 is 2.75 bits per heavy atom. The lowest BCUT2D eigenvalue weighted by Gasteiger charge is -2.16. The number of aromatic nitrogens is 1. The van der Waals surface area contributed by atoms with Crippen LogP contribution in [-0.4, -0.2) is 27.4 Å². The van der Waals surface area contributed by atoms with Crippen LogP contribution in [-0.2, 0) is 9.63 Å². The van der Waals surface area contributed by atoms with Crippen molar-refractivity contribution >= 4 is 28.1 Å². The lowest BCUT2D eigenvalue weighted by molar-refractivity contribution is -0.161. The summed E-state index contributed by atoms with van der Waals surface area (Å²) in [4.78, 5) is 19.7. The van der Waals surface area contributed by atoms with Crippen molar-refractivity contribution in [3.05, 3.63) is 11.1 Å². The van der Waals surface area contributed by atoms with Crippen LogP contribution >= 0.6 is 11.3 Å². The molecule has 0 aliphatic carbocycles. The fraction of sp³-hybridized carbons (Fsp3) is 0.444. The molecule has 0 aromatic carbocycles. The molecule has 0 spiro atoms. The summed E-state index contributed by atoms with van der Waals surface area (Å²) in [6.07, 6.45) is 0. The summed E-state index contributed by atoms with van der Waals surface area (Å²) in [5, 5.41) is 14.7. The molecule has 0 fully saturated rings. The van der Waals surface area contributed by atoms with E-state index in [1.165, 1.54) is 25.2 Å². The second-order valence-electron chi connectivity index (χ2n) is 3.65. The average Bonchev–Trinajstić information content (AvgIpc) is 2.61. The molecular formula is C9H13N3O3S. The van der Waals surface area contributed by atoms with E-state index in [1.807, 2.05) is 0 Å². The van der Waals surface area contributed by atoms with E-state index in [-0.39, 0.29) is 0 Å². The van der Waals surface area contributed by atoms with Gasteiger partial charge in [0.15, 0.2) is 5.13 Å². The third-order valence-electron chi connectivity index (χ3n) is 1.82. The average molecular weight is 243 g/mol. The number of anilines is 1. The SMILES string of the molecule is CC(=NOC(C)(C)C(=O)O)c1csc(N)n1. The highest BCUT2D eigenvalue weighted by Crippen LogP contribution is 2.14. The minimum Gasteiger partial charge on any atom is -0.478 e. The van der Waals surface area contributed by atoms with Gasteiger partial charge in [0.1, 0.15) is 11.4 Å². The van der Waals surface area contributed by atoms with E-state index in [4.69, 9.17) is 15.7 Å². The number of hydrogen-bond donors (Lipinski definition) is 2. The zero-order chi connectivity index (χ0) is 12.3. The van der Waals surface area contributed by atoms with Crippen molar-refractivity contribution in [2.45, 2.75) is 26.4 Å². The molecule has 6 nitrogen and oxygen atoms in total. The quantitative estimate of drug-likeness (QED) is 0.614. The summed E-state index contributed by atoms with van der Waals surface area (Å²) in [7, 11) is 0. The molecule has 0 saturated heterocycles. The molecule has 0 unspecified atom stereocenters. The van der Waals surface area contributed by atoms with Crippen LogP contribution in [0, 0.1) is 0 Å². The Kier molecular flexibility index (Phi) is 3.48. The molecule has 0 amide bonds. The summed E-state index contributed by atoms with van der Waals surface area (Å²) < 4.78 is 0. The predicted octanol–water partition coefficient (Wildman–Crippen LogP) is 1.33. The van der Waals surface area contributed by atoms with Crippen LogP contribution in [0.3, 0.4) is 0 Å². The van der Waals surface area contributed by atoms with E-state index < -0.39 is 11.6 Å². The van der Waals surface area contributed by atoms with Gasteiger partial charge >= 0.3 is 5.97 Å². The van der Waals surface area contributed by atoms with E-state index in [0.29, 0.717) is 16.5 Å². The Bertz CT molecular complexity index is 425. The number of carboxylic acids is 1. The van der Waals surface area contributed by atoms with Crippen molar-refractivity contribution < 1.29 is 14.7 Å². The van der Waals surface area contributed by atoms with Crippen LogP contribution in [0.15, 0.2) is 10.5 Å². The zero-order valence-corrected chi connectivity index (χ0v) is 10.0. The number of nitrogen functional groups attached to an aromatic ring is 1. The van der Waals surface area contributed by atoms with Gasteiger partial charge in [-0.1, -0.05) is 5.16 Å². The molecule has 1 heterocycles. The Morgan fingerprint density at radius 2 is 2.31 bits per heavy atom. The topological polar surface area (TPSA) is 97.8 Å². The molecule has 88 valence electrons. The van der Waals surface area contributed by atoms with E-state index in [0.717, 1.165) is 0 Å². The Labute approximate surface area is 96.7 Å². The first-order valence-corrected chi connectivity index (χ1v) is 5.38. The van der Waals surface area contributed by atoms with Gasteiger partial charge in [0, 0.05) is 5.38 Å². The second kappa shape index (κ2) is 4.48. The van der Waals surface area contributed by atoms with Crippen molar-refractivity contribution in [1.82, 2.24) is 4.98 Å². The molecule has 0 atom stereocenters. The molecule has 0 aliphatic rings. The van der Waals surface area contributed by atoms with Gasteiger partial charge in [0.05, 0.1) is 0 Å². The molecule has 0 radical (unpaired) electrons. The fourth-order valence-corrected chi connectivity index (χ4v) is 1.33. The van der Waals surface area contributed by atoms with Gasteiger partial charge in [-0.05, 0) is 20.8 Å². The summed E-state index contributed by atoms with van der Waals surface area (Å²) in [5.74, 6) is -1.08. The monoisotopic (exact) mass is 243 g/mol. The molecule has 1 aromatic rings. The standard InChI is InChI=1S/C9H13N3O3S/c1-5(6-4-16-8(10)11-6)12-15-9(2,3)7(13)14/h4H,1-3H3,(H2,10,11)(H,13,14). The summed E-state index contributed by atoms with van der Waals surface area (Å²) >= 11 is 1.29. The van der Waals surface area contributed by atoms with Crippen LogP contribution in [0.2, 0.25) is 0 Å². The minimum absolute atomic E-state index is 0.432. The van der Waals surface area contributed by atoms with Crippen LogP contribution in [0.4, 0.5) is 5.13 Å². The summed E-state index contributed by atoms with van der Waals surface area (Å²) in [5.41, 5.74) is 5.18. The lowest BCUT2D eigenvalue weighted by Crippen LogP contribution is -2.33. The molecule has 3 N–H and O–H groups in total. The van der Waals surface area contributed by atoms with Gasteiger partial charge in [-0.15, -0.1) is 11.3 Å². The van der Waals surface area contributed by atoms with Gasteiger partial charge in [0.25, 0.3) is 0 Å². The van der Waals surface area contributed by atoms with Gasteiger partial charge < -0.3 is 15.7 Å². The number of nitrogens with two attached hydrogens (primary N) is 1. The third kappa shape index (κ3) is 2.93. The van der Waals surface area contributed by atoms with Crippen LogP contribution in [0.25, 0.3) is 0 Å². The van der Waals surface area contributed by atoms with Gasteiger partial charge in [-0.25, -0.2) is 9.78 Å². The first-order chi connectivity index (χ1) is 7.33. The van der Waals surface area contributed by atoms with E-state index in [9.17, 15) is 4.79 Å². The number of oxime groups is 1. The number of carbonyl (C=O) groups is 1.